The van der Waals surface area contributed by atoms with E-state index in [0.717, 1.165) is 5.56 Å². The molecule has 146 valence electrons. The van der Waals surface area contributed by atoms with Crippen LogP contribution in [0.2, 0.25) is 0 Å². The molecule has 0 heterocycles. The van der Waals surface area contributed by atoms with Gasteiger partial charge in [0, 0.05) is 0 Å². The highest BCUT2D eigenvalue weighted by Gasteiger charge is 2.24. The number of benzene rings is 2. The molecule has 0 saturated carbocycles. The molecule has 2 rings (SSSR count). The molecule has 0 fully saturated rings. The average Bonchev–Trinajstić information content (AvgIpc) is 2.70. The van der Waals surface area contributed by atoms with Crippen molar-refractivity contribution in [2.75, 3.05) is 27.4 Å². The molecule has 27 heavy (non-hydrogen) atoms. The van der Waals surface area contributed by atoms with Crippen LogP contribution in [0, 0.1) is 0 Å². The number of ether oxygens (including phenoxy) is 3. The van der Waals surface area contributed by atoms with Crippen molar-refractivity contribution in [2.24, 2.45) is 0 Å². The Bertz CT molecular complexity index is 773. The highest BCUT2D eigenvalue weighted by molar-refractivity contribution is 5.56. The summed E-state index contributed by atoms with van der Waals surface area (Å²) in [6, 6.07) is 9.53. The molecule has 0 radical (unpaired) electrons. The van der Waals surface area contributed by atoms with Crippen molar-refractivity contribution in [3.63, 3.8) is 0 Å². The van der Waals surface area contributed by atoms with E-state index in [2.05, 4.69) is 0 Å². The fourth-order valence-corrected chi connectivity index (χ4v) is 2.53. The third-order valence-electron chi connectivity index (χ3n) is 3.96. The number of phenolic OH excluding ortho intramolecular Hbond substituents is 1. The zero-order valence-corrected chi connectivity index (χ0v) is 15.2. The van der Waals surface area contributed by atoms with E-state index < -0.39 is 18.8 Å². The largest absolute Gasteiger partial charge is 0.504 e. The average molecular weight is 376 g/mol. The van der Waals surface area contributed by atoms with Gasteiger partial charge >= 0.3 is 0 Å². The van der Waals surface area contributed by atoms with Crippen LogP contribution in [0.25, 0.3) is 6.08 Å². The molecule has 2 unspecified atom stereocenters. The molecule has 7 heteroatoms. The minimum atomic E-state index is -1.16. The molecule has 0 aromatic heterocycles. The number of aliphatic hydroxyl groups excluding tert-OH is 3. The summed E-state index contributed by atoms with van der Waals surface area (Å²) in [6.07, 6.45) is 1.19. The first-order valence-corrected chi connectivity index (χ1v) is 8.32. The van der Waals surface area contributed by atoms with E-state index in [0.29, 0.717) is 17.1 Å². The molecule has 2 atom stereocenters. The summed E-state index contributed by atoms with van der Waals surface area (Å²) >= 11 is 0. The van der Waals surface area contributed by atoms with Gasteiger partial charge in [0.15, 0.2) is 29.1 Å². The second-order valence-electron chi connectivity index (χ2n) is 5.71. The van der Waals surface area contributed by atoms with Gasteiger partial charge in [-0.1, -0.05) is 24.3 Å². The van der Waals surface area contributed by atoms with Crippen molar-refractivity contribution in [1.29, 1.82) is 0 Å². The van der Waals surface area contributed by atoms with Crippen molar-refractivity contribution >= 4 is 6.08 Å². The fraction of sp³-hybridized carbons (Fsp3) is 0.300. The van der Waals surface area contributed by atoms with E-state index in [9.17, 15) is 15.3 Å². The molecular formula is C20H24O7. The van der Waals surface area contributed by atoms with Gasteiger partial charge in [-0.3, -0.25) is 0 Å². The molecule has 0 saturated heterocycles. The molecule has 4 N–H and O–H groups in total. The second kappa shape index (κ2) is 9.82. The van der Waals surface area contributed by atoms with E-state index in [1.54, 1.807) is 30.4 Å². The number of aliphatic hydroxyl groups is 3. The predicted molar refractivity (Wildman–Crippen MR) is 100 cm³/mol. The van der Waals surface area contributed by atoms with Crippen LogP contribution in [-0.2, 0) is 0 Å². The Morgan fingerprint density at radius 1 is 0.963 bits per heavy atom. The summed E-state index contributed by atoms with van der Waals surface area (Å²) in [6.45, 7) is -0.519. The highest BCUT2D eigenvalue weighted by atomic mass is 16.5. The van der Waals surface area contributed by atoms with Crippen LogP contribution in [-0.4, -0.2) is 54.0 Å². The van der Waals surface area contributed by atoms with Crippen LogP contribution < -0.4 is 14.2 Å². The molecule has 0 aliphatic rings. The number of rotatable bonds is 9. The summed E-state index contributed by atoms with van der Waals surface area (Å²) in [5.74, 6) is 0.926. The third kappa shape index (κ3) is 5.13. The molecule has 0 spiro atoms. The standard InChI is InChI=1S/C20H24O7/c1-25-17-11-14(6-7-15(17)23)20(24)19(12-22)27-16-8-5-13(4-3-9-21)10-18(16)26-2/h3-8,10-11,19-24H,9,12H2,1-2H3. The first-order valence-electron chi connectivity index (χ1n) is 8.32. The first kappa shape index (κ1) is 20.6. The Labute approximate surface area is 157 Å². The third-order valence-corrected chi connectivity index (χ3v) is 3.96. The van der Waals surface area contributed by atoms with E-state index in [1.807, 2.05) is 0 Å². The van der Waals surface area contributed by atoms with Gasteiger partial charge in [0.25, 0.3) is 0 Å². The number of hydrogen-bond acceptors (Lipinski definition) is 7. The van der Waals surface area contributed by atoms with Crippen molar-refractivity contribution in [3.8, 4) is 23.0 Å². The monoisotopic (exact) mass is 376 g/mol. The lowest BCUT2D eigenvalue weighted by Gasteiger charge is -2.24. The van der Waals surface area contributed by atoms with Gasteiger partial charge in [0.05, 0.1) is 27.4 Å². The van der Waals surface area contributed by atoms with Gasteiger partial charge in [0.1, 0.15) is 6.10 Å². The van der Waals surface area contributed by atoms with Crippen LogP contribution >= 0.6 is 0 Å². The molecule has 2 aromatic carbocycles. The lowest BCUT2D eigenvalue weighted by molar-refractivity contribution is -0.000515. The molecule has 0 bridgehead atoms. The van der Waals surface area contributed by atoms with Gasteiger partial charge in [-0.25, -0.2) is 0 Å². The number of aromatic hydroxyl groups is 1. The summed E-state index contributed by atoms with van der Waals surface area (Å²) in [5, 5.41) is 38.8. The van der Waals surface area contributed by atoms with Gasteiger partial charge < -0.3 is 34.6 Å². The topological polar surface area (TPSA) is 109 Å². The molecule has 0 amide bonds. The highest BCUT2D eigenvalue weighted by Crippen LogP contribution is 2.34. The van der Waals surface area contributed by atoms with Gasteiger partial charge in [0.2, 0.25) is 0 Å². The Hall–Kier alpha value is -2.74. The smallest absolute Gasteiger partial charge is 0.161 e. The second-order valence-corrected chi connectivity index (χ2v) is 5.71. The Balaban J connectivity index is 2.24. The maximum absolute atomic E-state index is 10.6. The molecule has 7 nitrogen and oxygen atoms in total. The van der Waals surface area contributed by atoms with Gasteiger partial charge in [-0.05, 0) is 35.4 Å². The van der Waals surface area contributed by atoms with E-state index in [4.69, 9.17) is 19.3 Å². The Morgan fingerprint density at radius 2 is 1.70 bits per heavy atom. The Kier molecular flexibility index (Phi) is 7.48. The van der Waals surface area contributed by atoms with Crippen LogP contribution in [0.15, 0.2) is 42.5 Å². The first-order chi connectivity index (χ1) is 13.0. The van der Waals surface area contributed by atoms with Crippen LogP contribution in [0.1, 0.15) is 17.2 Å². The van der Waals surface area contributed by atoms with E-state index in [-0.39, 0.29) is 18.1 Å². The van der Waals surface area contributed by atoms with Gasteiger partial charge in [-0.2, -0.15) is 0 Å². The summed E-state index contributed by atoms with van der Waals surface area (Å²) in [4.78, 5) is 0. The van der Waals surface area contributed by atoms with Crippen molar-refractivity contribution < 1.29 is 34.6 Å². The fourth-order valence-electron chi connectivity index (χ4n) is 2.53. The molecule has 2 aromatic rings. The predicted octanol–water partition coefficient (Wildman–Crippen LogP) is 1.89. The number of methoxy groups -OCH3 is 2. The maximum atomic E-state index is 10.6. The minimum Gasteiger partial charge on any atom is -0.504 e. The van der Waals surface area contributed by atoms with Crippen molar-refractivity contribution in [1.82, 2.24) is 0 Å². The minimum absolute atomic E-state index is 0.0527. The quantitative estimate of drug-likeness (QED) is 0.529. The van der Waals surface area contributed by atoms with E-state index in [1.165, 1.54) is 32.4 Å². The molecule has 0 aliphatic carbocycles. The number of hydrogen-bond donors (Lipinski definition) is 4. The zero-order chi connectivity index (χ0) is 19.8. The Morgan fingerprint density at radius 3 is 2.33 bits per heavy atom. The summed E-state index contributed by atoms with van der Waals surface area (Å²) in [5.41, 5.74) is 1.22. The summed E-state index contributed by atoms with van der Waals surface area (Å²) < 4.78 is 16.1. The van der Waals surface area contributed by atoms with Gasteiger partial charge in [-0.15, -0.1) is 0 Å². The van der Waals surface area contributed by atoms with Crippen molar-refractivity contribution in [3.05, 3.63) is 53.6 Å². The van der Waals surface area contributed by atoms with Crippen LogP contribution in [0.3, 0.4) is 0 Å². The molecule has 0 aliphatic heterocycles. The SMILES string of the molecule is COc1cc(C(O)C(CO)Oc2ccc(C=CCO)cc2OC)ccc1O. The molecular weight excluding hydrogens is 352 g/mol. The van der Waals surface area contributed by atoms with E-state index >= 15 is 0 Å². The van der Waals surface area contributed by atoms with Crippen LogP contribution in [0.5, 0.6) is 23.0 Å². The summed E-state index contributed by atoms with van der Waals surface area (Å²) in [7, 11) is 2.89. The zero-order valence-electron chi connectivity index (χ0n) is 15.2. The number of phenols is 1. The maximum Gasteiger partial charge on any atom is 0.161 e. The van der Waals surface area contributed by atoms with Crippen LogP contribution in [0.4, 0.5) is 0 Å². The normalized spacial score (nSPS) is 13.4. The van der Waals surface area contributed by atoms with Crippen molar-refractivity contribution in [2.45, 2.75) is 12.2 Å². The lowest BCUT2D eigenvalue weighted by atomic mass is 10.0. The lowest BCUT2D eigenvalue weighted by Crippen LogP contribution is -2.29.